The molecular weight excluding hydrogens is 180 g/mol. The minimum atomic E-state index is 0.0358. The zero-order chi connectivity index (χ0) is 9.80. The lowest BCUT2D eigenvalue weighted by molar-refractivity contribution is -0.117. The molecule has 76 valence electrons. The molecule has 0 aliphatic carbocycles. The van der Waals surface area contributed by atoms with Crippen molar-refractivity contribution in [2.24, 2.45) is 5.92 Å². The Morgan fingerprint density at radius 2 is 2.64 bits per heavy atom. The molecule has 0 spiro atoms. The molecule has 3 N–H and O–H groups in total. The fourth-order valence-electron chi connectivity index (χ4n) is 1.67. The van der Waals surface area contributed by atoms with Gasteiger partial charge in [0.25, 0.3) is 0 Å². The fraction of sp³-hybridized carbons (Fsp3) is 0.556. The van der Waals surface area contributed by atoms with Gasteiger partial charge in [0.15, 0.2) is 0 Å². The number of carbonyl (C=O) groups is 1. The molecular formula is C9H14N4O. The van der Waals surface area contributed by atoms with Crippen LogP contribution in [-0.2, 0) is 4.79 Å². The third-order valence-electron chi connectivity index (χ3n) is 2.39. The summed E-state index contributed by atoms with van der Waals surface area (Å²) in [6, 6.07) is 0. The van der Waals surface area contributed by atoms with Crippen molar-refractivity contribution in [2.75, 3.05) is 18.4 Å². The number of H-pyrrole nitrogens is 1. The summed E-state index contributed by atoms with van der Waals surface area (Å²) in [5, 5.41) is 5.95. The van der Waals surface area contributed by atoms with Gasteiger partial charge in [0.1, 0.15) is 0 Å². The average Bonchev–Trinajstić information content (AvgIpc) is 2.76. The normalized spacial score (nSPS) is 21.0. The van der Waals surface area contributed by atoms with Crippen LogP contribution in [0.5, 0.6) is 0 Å². The van der Waals surface area contributed by atoms with Gasteiger partial charge in [-0.2, -0.15) is 0 Å². The van der Waals surface area contributed by atoms with Crippen molar-refractivity contribution in [2.45, 2.75) is 12.8 Å². The number of aromatic amines is 1. The Kier molecular flexibility index (Phi) is 2.78. The first-order valence-corrected chi connectivity index (χ1v) is 4.84. The number of hydrogen-bond donors (Lipinski definition) is 3. The smallest absolute Gasteiger partial charge is 0.227 e. The minimum Gasteiger partial charge on any atom is -0.331 e. The molecule has 1 unspecified atom stereocenters. The Labute approximate surface area is 82.3 Å². The molecule has 1 fully saturated rings. The molecule has 0 bridgehead atoms. The quantitative estimate of drug-likeness (QED) is 0.650. The van der Waals surface area contributed by atoms with E-state index in [1.807, 2.05) is 0 Å². The van der Waals surface area contributed by atoms with Crippen molar-refractivity contribution < 1.29 is 4.79 Å². The lowest BCUT2D eigenvalue weighted by Gasteiger charge is -2.06. The van der Waals surface area contributed by atoms with Crippen LogP contribution < -0.4 is 10.6 Å². The zero-order valence-electron chi connectivity index (χ0n) is 7.92. The lowest BCUT2D eigenvalue weighted by atomic mass is 10.1. The van der Waals surface area contributed by atoms with Crippen LogP contribution >= 0.6 is 0 Å². The highest BCUT2D eigenvalue weighted by Crippen LogP contribution is 2.12. The van der Waals surface area contributed by atoms with Crippen LogP contribution in [0.15, 0.2) is 12.4 Å². The molecule has 1 aliphatic heterocycles. The van der Waals surface area contributed by atoms with E-state index in [0.29, 0.717) is 18.3 Å². The first kappa shape index (κ1) is 9.21. The molecule has 1 amide bonds. The molecule has 0 aromatic carbocycles. The molecule has 2 rings (SSSR count). The number of hydrogen-bond acceptors (Lipinski definition) is 3. The summed E-state index contributed by atoms with van der Waals surface area (Å²) in [5.74, 6) is 1.04. The van der Waals surface area contributed by atoms with E-state index < -0.39 is 0 Å². The summed E-state index contributed by atoms with van der Waals surface area (Å²) in [7, 11) is 0. The molecule has 14 heavy (non-hydrogen) atoms. The van der Waals surface area contributed by atoms with Crippen molar-refractivity contribution in [1.82, 2.24) is 15.3 Å². The number of carbonyl (C=O) groups excluding carboxylic acids is 1. The van der Waals surface area contributed by atoms with Gasteiger partial charge in [-0.05, 0) is 25.4 Å². The van der Waals surface area contributed by atoms with Crippen LogP contribution in [0, 0.1) is 5.92 Å². The van der Waals surface area contributed by atoms with Gasteiger partial charge in [0, 0.05) is 18.8 Å². The van der Waals surface area contributed by atoms with Gasteiger partial charge in [-0.25, -0.2) is 4.98 Å². The summed E-state index contributed by atoms with van der Waals surface area (Å²) in [6.45, 7) is 1.98. The number of amides is 1. The minimum absolute atomic E-state index is 0.0358. The molecule has 1 aromatic heterocycles. The summed E-state index contributed by atoms with van der Waals surface area (Å²) < 4.78 is 0. The van der Waals surface area contributed by atoms with E-state index in [4.69, 9.17) is 0 Å². The van der Waals surface area contributed by atoms with Crippen molar-refractivity contribution in [3.8, 4) is 0 Å². The van der Waals surface area contributed by atoms with Crippen molar-refractivity contribution in [1.29, 1.82) is 0 Å². The SMILES string of the molecule is O=C(CC1CCNC1)Nc1ncc[nH]1. The van der Waals surface area contributed by atoms with E-state index in [1.165, 1.54) is 0 Å². The van der Waals surface area contributed by atoms with Crippen molar-refractivity contribution in [3.63, 3.8) is 0 Å². The Balaban J connectivity index is 1.78. The van der Waals surface area contributed by atoms with Gasteiger partial charge in [0.2, 0.25) is 11.9 Å². The zero-order valence-corrected chi connectivity index (χ0v) is 7.92. The number of anilines is 1. The molecule has 1 atom stereocenters. The molecule has 1 saturated heterocycles. The number of imidazole rings is 1. The maximum atomic E-state index is 11.5. The summed E-state index contributed by atoms with van der Waals surface area (Å²) >= 11 is 0. The van der Waals surface area contributed by atoms with E-state index >= 15 is 0 Å². The van der Waals surface area contributed by atoms with Gasteiger partial charge in [-0.3, -0.25) is 10.1 Å². The van der Waals surface area contributed by atoms with Crippen LogP contribution in [0.3, 0.4) is 0 Å². The van der Waals surface area contributed by atoms with Crippen LogP contribution in [-0.4, -0.2) is 29.0 Å². The van der Waals surface area contributed by atoms with Gasteiger partial charge < -0.3 is 10.3 Å². The standard InChI is InChI=1S/C9H14N4O/c14-8(5-7-1-2-10-6-7)13-9-11-3-4-12-9/h3-4,7,10H,1-2,5-6H2,(H2,11,12,13,14). The predicted octanol–water partition coefficient (Wildman–Crippen LogP) is 0.348. The number of nitrogens with one attached hydrogen (secondary N) is 3. The largest absolute Gasteiger partial charge is 0.331 e. The van der Waals surface area contributed by atoms with Gasteiger partial charge in [0.05, 0.1) is 0 Å². The molecule has 2 heterocycles. The summed E-state index contributed by atoms with van der Waals surface area (Å²) in [4.78, 5) is 18.2. The van der Waals surface area contributed by atoms with Gasteiger partial charge in [-0.15, -0.1) is 0 Å². The second kappa shape index (κ2) is 4.23. The maximum Gasteiger partial charge on any atom is 0.227 e. The highest BCUT2D eigenvalue weighted by Gasteiger charge is 2.18. The first-order chi connectivity index (χ1) is 6.84. The Morgan fingerprint density at radius 3 is 3.29 bits per heavy atom. The third kappa shape index (κ3) is 2.32. The molecule has 0 radical (unpaired) electrons. The van der Waals surface area contributed by atoms with Crippen LogP contribution in [0.25, 0.3) is 0 Å². The van der Waals surface area contributed by atoms with E-state index in [9.17, 15) is 4.79 Å². The van der Waals surface area contributed by atoms with E-state index in [1.54, 1.807) is 12.4 Å². The Bertz CT molecular complexity index is 290. The molecule has 5 nitrogen and oxygen atoms in total. The second-order valence-electron chi connectivity index (χ2n) is 3.55. The molecule has 1 aliphatic rings. The average molecular weight is 194 g/mol. The molecule has 5 heteroatoms. The molecule has 0 saturated carbocycles. The number of aromatic nitrogens is 2. The second-order valence-corrected chi connectivity index (χ2v) is 3.55. The topological polar surface area (TPSA) is 69.8 Å². The van der Waals surface area contributed by atoms with E-state index in [2.05, 4.69) is 20.6 Å². The van der Waals surface area contributed by atoms with Crippen molar-refractivity contribution >= 4 is 11.9 Å². The van der Waals surface area contributed by atoms with Crippen molar-refractivity contribution in [3.05, 3.63) is 12.4 Å². The molecule has 1 aromatic rings. The van der Waals surface area contributed by atoms with Crippen LogP contribution in [0.4, 0.5) is 5.95 Å². The van der Waals surface area contributed by atoms with Crippen LogP contribution in [0.1, 0.15) is 12.8 Å². The maximum absolute atomic E-state index is 11.5. The number of rotatable bonds is 3. The van der Waals surface area contributed by atoms with Gasteiger partial charge in [-0.1, -0.05) is 0 Å². The summed E-state index contributed by atoms with van der Waals surface area (Å²) in [5.41, 5.74) is 0. The Hall–Kier alpha value is -1.36. The third-order valence-corrected chi connectivity index (χ3v) is 2.39. The highest BCUT2D eigenvalue weighted by atomic mass is 16.1. The highest BCUT2D eigenvalue weighted by molar-refractivity contribution is 5.89. The van der Waals surface area contributed by atoms with Crippen LogP contribution in [0.2, 0.25) is 0 Å². The first-order valence-electron chi connectivity index (χ1n) is 4.84. The lowest BCUT2D eigenvalue weighted by Crippen LogP contribution is -2.18. The fourth-order valence-corrected chi connectivity index (χ4v) is 1.67. The van der Waals surface area contributed by atoms with E-state index in [-0.39, 0.29) is 5.91 Å². The summed E-state index contributed by atoms with van der Waals surface area (Å²) in [6.07, 6.45) is 4.97. The van der Waals surface area contributed by atoms with Gasteiger partial charge >= 0.3 is 0 Å². The monoisotopic (exact) mass is 194 g/mol. The van der Waals surface area contributed by atoms with E-state index in [0.717, 1.165) is 19.5 Å². The predicted molar refractivity (Wildman–Crippen MR) is 52.8 cm³/mol. The number of nitrogens with zero attached hydrogens (tertiary/aromatic N) is 1. The Morgan fingerprint density at radius 1 is 1.71 bits per heavy atom.